The van der Waals surface area contributed by atoms with E-state index in [1.807, 2.05) is 0 Å². The van der Waals surface area contributed by atoms with Gasteiger partial charge in [0.15, 0.2) is 5.82 Å². The number of aromatic nitrogens is 3. The van der Waals surface area contributed by atoms with Gasteiger partial charge in [-0.3, -0.25) is 4.79 Å². The Hall–Kier alpha value is -1.51. The highest BCUT2D eigenvalue weighted by Crippen LogP contribution is 2.37. The van der Waals surface area contributed by atoms with Gasteiger partial charge in [0.25, 0.3) is 5.91 Å². The Bertz CT molecular complexity index is 666. The predicted octanol–water partition coefficient (Wildman–Crippen LogP) is 1.96. The Morgan fingerprint density at radius 2 is 2.17 bits per heavy atom. The maximum absolute atomic E-state index is 12.5. The number of nitrogens with zero attached hydrogens (tertiary/aromatic N) is 3. The molecule has 0 spiro atoms. The fourth-order valence-corrected chi connectivity index (χ4v) is 3.61. The summed E-state index contributed by atoms with van der Waals surface area (Å²) in [6.45, 7) is 2.28. The lowest BCUT2D eigenvalue weighted by molar-refractivity contribution is 0.0887. The minimum absolute atomic E-state index is 0. The summed E-state index contributed by atoms with van der Waals surface area (Å²) in [6.07, 6.45) is 4.38. The summed E-state index contributed by atoms with van der Waals surface area (Å²) in [5, 5.41) is 9.75. The summed E-state index contributed by atoms with van der Waals surface area (Å²) in [7, 11) is 0. The fourth-order valence-electron chi connectivity index (χ4n) is 2.81. The minimum Gasteiger partial charge on any atom is -0.340 e. The van der Waals surface area contributed by atoms with Crippen molar-refractivity contribution in [2.45, 2.75) is 44.6 Å². The van der Waals surface area contributed by atoms with Crippen LogP contribution in [0.25, 0.3) is 0 Å². The molecule has 2 aromatic heterocycles. The van der Waals surface area contributed by atoms with Crippen molar-refractivity contribution in [3.05, 3.63) is 27.8 Å². The number of hydrogen-bond donors (Lipinski definition) is 2. The van der Waals surface area contributed by atoms with E-state index in [9.17, 15) is 4.79 Å². The number of rotatable bonds is 5. The van der Waals surface area contributed by atoms with Gasteiger partial charge >= 0.3 is 0 Å². The second kappa shape index (κ2) is 7.37. The summed E-state index contributed by atoms with van der Waals surface area (Å²) in [4.78, 5) is 21.2. The van der Waals surface area contributed by atoms with Gasteiger partial charge in [-0.2, -0.15) is 4.98 Å². The van der Waals surface area contributed by atoms with Gasteiger partial charge in [0.05, 0.1) is 5.01 Å². The highest BCUT2D eigenvalue weighted by Gasteiger charge is 2.41. The van der Waals surface area contributed by atoms with Gasteiger partial charge in [0.1, 0.15) is 11.2 Å². The molecule has 3 N–H and O–H groups in total. The number of nitrogens with one attached hydrogen (secondary N) is 1. The van der Waals surface area contributed by atoms with Crippen molar-refractivity contribution in [2.24, 2.45) is 5.73 Å². The number of amides is 1. The molecule has 0 aromatic carbocycles. The van der Waals surface area contributed by atoms with Crippen LogP contribution in [0.15, 0.2) is 9.90 Å². The third-order valence-electron chi connectivity index (χ3n) is 3.91. The van der Waals surface area contributed by atoms with Crippen LogP contribution < -0.4 is 11.1 Å². The van der Waals surface area contributed by atoms with Gasteiger partial charge in [-0.1, -0.05) is 18.0 Å². The summed E-state index contributed by atoms with van der Waals surface area (Å²) in [6, 6.07) is 0. The zero-order chi connectivity index (χ0) is 15.6. The molecular weight excluding hydrogens is 338 g/mol. The normalized spacial score (nSPS) is 16.1. The third-order valence-corrected chi connectivity index (χ3v) is 4.82. The Kier molecular flexibility index (Phi) is 5.72. The first-order chi connectivity index (χ1) is 10.6. The smallest absolute Gasteiger partial charge is 0.271 e. The van der Waals surface area contributed by atoms with E-state index < -0.39 is 5.54 Å². The van der Waals surface area contributed by atoms with E-state index in [1.165, 1.54) is 11.3 Å². The molecule has 0 atom stereocenters. The summed E-state index contributed by atoms with van der Waals surface area (Å²) in [5.74, 6) is 0.881. The Morgan fingerprint density at radius 1 is 1.43 bits per heavy atom. The molecule has 3 rings (SSSR count). The molecule has 1 saturated carbocycles. The molecule has 0 saturated heterocycles. The number of carbonyl (C=O) groups is 1. The van der Waals surface area contributed by atoms with Gasteiger partial charge in [-0.25, -0.2) is 4.98 Å². The predicted molar refractivity (Wildman–Crippen MR) is 88.8 cm³/mol. The van der Waals surface area contributed by atoms with Crippen molar-refractivity contribution >= 4 is 29.7 Å². The van der Waals surface area contributed by atoms with Crippen LogP contribution in [0.5, 0.6) is 0 Å². The topological polar surface area (TPSA) is 107 Å². The lowest BCUT2D eigenvalue weighted by Gasteiger charge is -2.26. The molecule has 9 heteroatoms. The molecule has 1 aliphatic rings. The highest BCUT2D eigenvalue weighted by molar-refractivity contribution is 7.09. The summed E-state index contributed by atoms with van der Waals surface area (Å²) < 4.78 is 5.09. The molecule has 2 aromatic rings. The zero-order valence-corrected chi connectivity index (χ0v) is 14.5. The van der Waals surface area contributed by atoms with Crippen LogP contribution in [-0.4, -0.2) is 27.6 Å². The first-order valence-electron chi connectivity index (χ1n) is 7.41. The lowest BCUT2D eigenvalue weighted by atomic mass is 9.96. The molecule has 1 amide bonds. The van der Waals surface area contributed by atoms with Crippen LogP contribution >= 0.6 is 23.7 Å². The van der Waals surface area contributed by atoms with E-state index in [1.54, 1.807) is 12.3 Å². The second-order valence-electron chi connectivity index (χ2n) is 5.55. The molecule has 0 unspecified atom stereocenters. The van der Waals surface area contributed by atoms with Crippen molar-refractivity contribution in [3.63, 3.8) is 0 Å². The molecule has 0 aliphatic heterocycles. The second-order valence-corrected chi connectivity index (χ2v) is 6.49. The highest BCUT2D eigenvalue weighted by atomic mass is 35.5. The Labute approximate surface area is 144 Å². The van der Waals surface area contributed by atoms with Gasteiger partial charge in [-0.05, 0) is 19.4 Å². The van der Waals surface area contributed by atoms with E-state index in [0.29, 0.717) is 30.4 Å². The third kappa shape index (κ3) is 3.70. The van der Waals surface area contributed by atoms with Crippen molar-refractivity contribution in [2.75, 3.05) is 6.54 Å². The number of aryl methyl sites for hydroxylation is 1. The average Bonchev–Trinajstić information content (AvgIpc) is 3.20. The maximum Gasteiger partial charge on any atom is 0.271 e. The SMILES string of the molecule is Cc1nc(C2(NC(=O)c3csc(CCN)n3)CCCC2)no1.Cl. The van der Waals surface area contributed by atoms with Gasteiger partial charge in [0, 0.05) is 18.7 Å². The molecular formula is C14H20ClN5O2S. The monoisotopic (exact) mass is 357 g/mol. The standard InChI is InChI=1S/C14H19N5O2S.ClH/c1-9-16-13(19-21-9)14(5-2-3-6-14)18-12(20)10-8-22-11(17-10)4-7-15;/h8H,2-7,15H2,1H3,(H,18,20);1H. The van der Waals surface area contributed by atoms with Gasteiger partial charge < -0.3 is 15.6 Å². The molecule has 0 radical (unpaired) electrons. The number of nitrogens with two attached hydrogens (primary N) is 1. The van der Waals surface area contributed by atoms with Crippen LogP contribution in [0.3, 0.4) is 0 Å². The Morgan fingerprint density at radius 3 is 2.78 bits per heavy atom. The quantitative estimate of drug-likeness (QED) is 0.847. The molecule has 23 heavy (non-hydrogen) atoms. The van der Waals surface area contributed by atoms with Crippen LogP contribution in [0.4, 0.5) is 0 Å². The number of hydrogen-bond acceptors (Lipinski definition) is 7. The van der Waals surface area contributed by atoms with E-state index >= 15 is 0 Å². The van der Waals surface area contributed by atoms with Gasteiger partial charge in [0.2, 0.25) is 5.89 Å². The van der Waals surface area contributed by atoms with Crippen LogP contribution in [-0.2, 0) is 12.0 Å². The molecule has 2 heterocycles. The first kappa shape index (κ1) is 17.8. The summed E-state index contributed by atoms with van der Waals surface area (Å²) >= 11 is 1.46. The van der Waals surface area contributed by atoms with E-state index in [2.05, 4.69) is 20.4 Å². The van der Waals surface area contributed by atoms with Crippen molar-refractivity contribution in [1.82, 2.24) is 20.4 Å². The first-order valence-corrected chi connectivity index (χ1v) is 8.29. The minimum atomic E-state index is -0.535. The molecule has 0 bridgehead atoms. The van der Waals surface area contributed by atoms with Crippen molar-refractivity contribution < 1.29 is 9.32 Å². The van der Waals surface area contributed by atoms with Crippen molar-refractivity contribution in [1.29, 1.82) is 0 Å². The number of thiazole rings is 1. The van der Waals surface area contributed by atoms with Crippen LogP contribution in [0, 0.1) is 6.92 Å². The Balaban J connectivity index is 0.00000192. The zero-order valence-electron chi connectivity index (χ0n) is 12.9. The fraction of sp³-hybridized carbons (Fsp3) is 0.571. The molecule has 1 aliphatic carbocycles. The number of halogens is 1. The molecule has 1 fully saturated rings. The number of carbonyl (C=O) groups excluding carboxylic acids is 1. The van der Waals surface area contributed by atoms with Crippen LogP contribution in [0.1, 0.15) is 52.9 Å². The molecule has 7 nitrogen and oxygen atoms in total. The van der Waals surface area contributed by atoms with E-state index in [-0.39, 0.29) is 18.3 Å². The van der Waals surface area contributed by atoms with Crippen LogP contribution in [0.2, 0.25) is 0 Å². The average molecular weight is 358 g/mol. The van der Waals surface area contributed by atoms with Gasteiger partial charge in [-0.15, -0.1) is 23.7 Å². The molecule has 126 valence electrons. The van der Waals surface area contributed by atoms with E-state index in [0.717, 1.165) is 30.7 Å². The maximum atomic E-state index is 12.5. The van der Waals surface area contributed by atoms with E-state index in [4.69, 9.17) is 10.3 Å². The summed E-state index contributed by atoms with van der Waals surface area (Å²) in [5.41, 5.74) is 5.41. The lowest BCUT2D eigenvalue weighted by Crippen LogP contribution is -2.44. The largest absolute Gasteiger partial charge is 0.340 e. The van der Waals surface area contributed by atoms with Crippen molar-refractivity contribution in [3.8, 4) is 0 Å².